The fourth-order valence-electron chi connectivity index (χ4n) is 2.93. The Hall–Kier alpha value is -3.26. The number of benzene rings is 2. The van der Waals surface area contributed by atoms with Crippen LogP contribution >= 0.6 is 11.6 Å². The van der Waals surface area contributed by atoms with E-state index in [1.54, 1.807) is 18.2 Å². The second-order valence-electron chi connectivity index (χ2n) is 6.10. The molecule has 0 aliphatic rings. The highest BCUT2D eigenvalue weighted by molar-refractivity contribution is 6.31. The fraction of sp³-hybridized carbons (Fsp3) is 0.158. The van der Waals surface area contributed by atoms with Crippen LogP contribution in [0.4, 0.5) is 4.39 Å². The molecule has 0 bridgehead atoms. The molecule has 2 aromatic carbocycles. The third-order valence-corrected chi connectivity index (χ3v) is 4.55. The van der Waals surface area contributed by atoms with Crippen molar-refractivity contribution in [3.05, 3.63) is 83.2 Å². The summed E-state index contributed by atoms with van der Waals surface area (Å²) < 4.78 is 20.3. The summed E-state index contributed by atoms with van der Waals surface area (Å²) in [5.41, 5.74) is -1.49. The minimum atomic E-state index is -1.82. The molecule has 144 valence electrons. The first kappa shape index (κ1) is 19.5. The first-order chi connectivity index (χ1) is 13.3. The molecule has 7 nitrogen and oxygen atoms in total. The molecule has 0 amide bonds. The maximum Gasteiger partial charge on any atom is 0.339 e. The number of ether oxygens (including phenoxy) is 1. The number of carbonyl (C=O) groups is 2. The van der Waals surface area contributed by atoms with E-state index >= 15 is 0 Å². The standard InChI is InChI=1S/C19H15ClFN3O4/c1-19(14-8-7-13(21)9-15(14)20,16(17(25)26)24-11-22-10-23-24)28-18(27)12-5-3-2-4-6-12/h2-11,16H,1H3,(H,25,26). The minimum absolute atomic E-state index is 0.0882. The summed E-state index contributed by atoms with van der Waals surface area (Å²) in [5.74, 6) is -2.72. The first-order valence-corrected chi connectivity index (χ1v) is 8.51. The average Bonchev–Trinajstić information content (AvgIpc) is 3.15. The predicted octanol–water partition coefficient (Wildman–Crippen LogP) is 3.47. The second kappa shape index (κ2) is 7.77. The lowest BCUT2D eigenvalue weighted by atomic mass is 9.87. The van der Waals surface area contributed by atoms with Gasteiger partial charge < -0.3 is 9.84 Å². The molecule has 0 aliphatic carbocycles. The molecule has 3 aromatic rings. The van der Waals surface area contributed by atoms with E-state index in [0.717, 1.165) is 23.1 Å². The van der Waals surface area contributed by atoms with Crippen LogP contribution in [-0.4, -0.2) is 31.8 Å². The van der Waals surface area contributed by atoms with Gasteiger partial charge in [-0.2, -0.15) is 5.10 Å². The summed E-state index contributed by atoms with van der Waals surface area (Å²) in [6.45, 7) is 1.38. The summed E-state index contributed by atoms with van der Waals surface area (Å²) in [4.78, 5) is 28.6. The van der Waals surface area contributed by atoms with Crippen LogP contribution in [0.2, 0.25) is 5.02 Å². The van der Waals surface area contributed by atoms with E-state index in [4.69, 9.17) is 16.3 Å². The molecule has 0 spiro atoms. The Morgan fingerprint density at radius 1 is 1.25 bits per heavy atom. The van der Waals surface area contributed by atoms with Gasteiger partial charge in [-0.25, -0.2) is 23.6 Å². The first-order valence-electron chi connectivity index (χ1n) is 8.14. The lowest BCUT2D eigenvalue weighted by Crippen LogP contribution is -2.43. The van der Waals surface area contributed by atoms with Gasteiger partial charge in [-0.3, -0.25) is 0 Å². The van der Waals surface area contributed by atoms with Crippen molar-refractivity contribution in [2.24, 2.45) is 0 Å². The molecule has 9 heteroatoms. The molecule has 0 aliphatic heterocycles. The quantitative estimate of drug-likeness (QED) is 0.633. The summed E-state index contributed by atoms with van der Waals surface area (Å²) in [6.07, 6.45) is 2.34. The number of carbonyl (C=O) groups excluding carboxylic acids is 1. The average molecular weight is 404 g/mol. The Morgan fingerprint density at radius 3 is 2.54 bits per heavy atom. The molecular formula is C19H15ClFN3O4. The van der Waals surface area contributed by atoms with E-state index in [0.29, 0.717) is 0 Å². The Labute approximate surface area is 164 Å². The molecule has 0 saturated carbocycles. The highest BCUT2D eigenvalue weighted by Crippen LogP contribution is 2.41. The predicted molar refractivity (Wildman–Crippen MR) is 97.3 cm³/mol. The zero-order chi connectivity index (χ0) is 20.3. The van der Waals surface area contributed by atoms with Crippen molar-refractivity contribution >= 4 is 23.5 Å². The van der Waals surface area contributed by atoms with E-state index in [1.165, 1.54) is 31.5 Å². The zero-order valence-electron chi connectivity index (χ0n) is 14.6. The normalized spacial score (nSPS) is 14.1. The Balaban J connectivity index is 2.15. The van der Waals surface area contributed by atoms with Gasteiger partial charge in [0, 0.05) is 5.56 Å². The smallest absolute Gasteiger partial charge is 0.339 e. The third kappa shape index (κ3) is 3.72. The van der Waals surface area contributed by atoms with Crippen LogP contribution < -0.4 is 0 Å². The maximum absolute atomic E-state index is 13.6. The van der Waals surface area contributed by atoms with Crippen LogP contribution in [0.15, 0.2) is 61.2 Å². The van der Waals surface area contributed by atoms with Crippen LogP contribution in [0, 0.1) is 5.82 Å². The van der Waals surface area contributed by atoms with Crippen LogP contribution in [0.25, 0.3) is 0 Å². The van der Waals surface area contributed by atoms with Crippen molar-refractivity contribution < 1.29 is 23.8 Å². The number of esters is 1. The summed E-state index contributed by atoms with van der Waals surface area (Å²) >= 11 is 6.18. The number of carboxylic acid groups (broad SMARTS) is 1. The van der Waals surface area contributed by atoms with Crippen LogP contribution in [-0.2, 0) is 15.1 Å². The number of rotatable bonds is 6. The van der Waals surface area contributed by atoms with Gasteiger partial charge in [0.1, 0.15) is 18.5 Å². The lowest BCUT2D eigenvalue weighted by Gasteiger charge is -2.35. The number of nitrogens with zero attached hydrogens (tertiary/aromatic N) is 3. The molecule has 3 rings (SSSR count). The van der Waals surface area contributed by atoms with E-state index in [9.17, 15) is 19.1 Å². The number of carboxylic acids is 1. The molecule has 1 N–H and O–H groups in total. The summed E-state index contributed by atoms with van der Waals surface area (Å²) in [6, 6.07) is 9.97. The Kier molecular flexibility index (Phi) is 5.41. The number of aliphatic carboxylic acids is 1. The van der Waals surface area contributed by atoms with E-state index in [2.05, 4.69) is 10.1 Å². The minimum Gasteiger partial charge on any atom is -0.480 e. The maximum atomic E-state index is 13.6. The van der Waals surface area contributed by atoms with Gasteiger partial charge in [-0.05, 0) is 31.2 Å². The molecule has 0 radical (unpaired) electrons. The fourth-order valence-corrected chi connectivity index (χ4v) is 3.28. The Morgan fingerprint density at radius 2 is 1.96 bits per heavy atom. The van der Waals surface area contributed by atoms with Crippen LogP contribution in [0.1, 0.15) is 28.9 Å². The topological polar surface area (TPSA) is 94.3 Å². The number of halogens is 2. The molecule has 2 unspecified atom stereocenters. The van der Waals surface area contributed by atoms with Gasteiger partial charge in [0.2, 0.25) is 0 Å². The molecular weight excluding hydrogens is 389 g/mol. The van der Waals surface area contributed by atoms with Gasteiger partial charge in [-0.1, -0.05) is 35.9 Å². The largest absolute Gasteiger partial charge is 0.480 e. The van der Waals surface area contributed by atoms with E-state index < -0.39 is 29.4 Å². The van der Waals surface area contributed by atoms with Gasteiger partial charge in [0.25, 0.3) is 0 Å². The molecule has 1 heterocycles. The van der Waals surface area contributed by atoms with Gasteiger partial charge in [0.05, 0.1) is 10.6 Å². The number of hydrogen-bond donors (Lipinski definition) is 1. The third-order valence-electron chi connectivity index (χ3n) is 4.24. The highest BCUT2D eigenvalue weighted by atomic mass is 35.5. The second-order valence-corrected chi connectivity index (χ2v) is 6.51. The zero-order valence-corrected chi connectivity index (χ0v) is 15.4. The van der Waals surface area contributed by atoms with Crippen molar-refractivity contribution in [3.8, 4) is 0 Å². The van der Waals surface area contributed by atoms with E-state index in [-0.39, 0.29) is 16.1 Å². The van der Waals surface area contributed by atoms with Crippen molar-refractivity contribution in [3.63, 3.8) is 0 Å². The van der Waals surface area contributed by atoms with E-state index in [1.807, 2.05) is 0 Å². The lowest BCUT2D eigenvalue weighted by molar-refractivity contribution is -0.151. The molecule has 0 fully saturated rings. The van der Waals surface area contributed by atoms with Crippen LogP contribution in [0.3, 0.4) is 0 Å². The molecule has 1 aromatic heterocycles. The SMILES string of the molecule is CC(OC(=O)c1ccccc1)(c1ccc(F)cc1Cl)C(C(=O)O)n1cncn1. The Bertz CT molecular complexity index is 998. The van der Waals surface area contributed by atoms with Gasteiger partial charge in [-0.15, -0.1) is 0 Å². The molecule has 0 saturated heterocycles. The monoisotopic (exact) mass is 403 g/mol. The molecule has 28 heavy (non-hydrogen) atoms. The van der Waals surface area contributed by atoms with Gasteiger partial charge >= 0.3 is 11.9 Å². The van der Waals surface area contributed by atoms with Gasteiger partial charge in [0.15, 0.2) is 11.6 Å². The van der Waals surface area contributed by atoms with Crippen molar-refractivity contribution in [1.82, 2.24) is 14.8 Å². The number of aromatic nitrogens is 3. The van der Waals surface area contributed by atoms with Crippen LogP contribution in [0.5, 0.6) is 0 Å². The summed E-state index contributed by atoms with van der Waals surface area (Å²) in [7, 11) is 0. The highest BCUT2D eigenvalue weighted by Gasteiger charge is 2.48. The number of hydrogen-bond acceptors (Lipinski definition) is 5. The summed E-state index contributed by atoms with van der Waals surface area (Å²) in [5, 5.41) is 13.7. The van der Waals surface area contributed by atoms with Crippen molar-refractivity contribution in [2.75, 3.05) is 0 Å². The molecule has 2 atom stereocenters. The van der Waals surface area contributed by atoms with Crippen molar-refractivity contribution in [1.29, 1.82) is 0 Å². The van der Waals surface area contributed by atoms with Crippen molar-refractivity contribution in [2.45, 2.75) is 18.6 Å².